The molecule has 0 fully saturated rings. The van der Waals surface area contributed by atoms with Gasteiger partial charge in [0.25, 0.3) is 0 Å². The minimum absolute atomic E-state index is 0. The van der Waals surface area contributed by atoms with Gasteiger partial charge >= 0.3 is 0 Å². The monoisotopic (exact) mass is 746 g/mol. The topological polar surface area (TPSA) is 68.3 Å². The molecule has 0 saturated heterocycles. The van der Waals surface area contributed by atoms with Crippen LogP contribution in [0.5, 0.6) is 0 Å². The van der Waals surface area contributed by atoms with Gasteiger partial charge in [-0.05, 0) is 98.8 Å². The summed E-state index contributed by atoms with van der Waals surface area (Å²) in [5.74, 6) is 0. The Labute approximate surface area is 231 Å². The normalized spacial score (nSPS) is 6.67. The largest absolute Gasteiger partial charge is 0.307 e. The van der Waals surface area contributed by atoms with Gasteiger partial charge in [0.2, 0.25) is 0 Å². The quantitative estimate of drug-likeness (QED) is 0.332. The predicted molar refractivity (Wildman–Crippen MR) is 133 cm³/mol. The van der Waals surface area contributed by atoms with Crippen molar-refractivity contribution in [2.24, 2.45) is 0 Å². The van der Waals surface area contributed by atoms with Crippen LogP contribution in [-0.2, 0) is 66.4 Å². The van der Waals surface area contributed by atoms with Gasteiger partial charge in [-0.15, -0.1) is 41.2 Å². The van der Waals surface area contributed by atoms with Crippen molar-refractivity contribution in [3.63, 3.8) is 0 Å². The first-order chi connectivity index (χ1) is 12.3. The van der Waals surface area contributed by atoms with Gasteiger partial charge in [-0.2, -0.15) is 0 Å². The fraction of sp³-hybridized carbons (Fsp3) is 0.400. The van der Waals surface area contributed by atoms with Crippen LogP contribution in [-0.4, -0.2) is 27.2 Å². The van der Waals surface area contributed by atoms with Crippen molar-refractivity contribution in [2.75, 3.05) is 0 Å². The standard InChI is InChI=1S/2C8H13P.4CH2O.2ClH.W.Zr/c2*1-5-6(2)8(4)9-7(5)3;4*1-2;;;;/h2*9H,1-4H3;4*1H2;2*1H;;. The second kappa shape index (κ2) is 34.0. The molecular weight excluding hydrogens is 712 g/mol. The Morgan fingerprint density at radius 2 is 0.533 bits per heavy atom. The van der Waals surface area contributed by atoms with Crippen LogP contribution in [0.2, 0.25) is 0 Å². The Balaban J connectivity index is -0.0000000367. The molecule has 2 aromatic heterocycles. The van der Waals surface area contributed by atoms with E-state index in [9.17, 15) is 0 Å². The molecule has 0 bridgehead atoms. The van der Waals surface area contributed by atoms with E-state index in [4.69, 9.17) is 19.2 Å². The maximum Gasteiger partial charge on any atom is 0.106 e. The first-order valence-corrected chi connectivity index (χ1v) is 9.65. The molecule has 0 aliphatic heterocycles. The molecule has 30 heavy (non-hydrogen) atoms. The minimum atomic E-state index is 0. The van der Waals surface area contributed by atoms with Crippen molar-refractivity contribution in [1.82, 2.24) is 0 Å². The van der Waals surface area contributed by atoms with E-state index in [1.54, 1.807) is 21.2 Å². The second-order valence-electron chi connectivity index (χ2n) is 5.25. The third kappa shape index (κ3) is 20.3. The van der Waals surface area contributed by atoms with Gasteiger partial charge in [0.15, 0.2) is 0 Å². The van der Waals surface area contributed by atoms with Crippen molar-refractivity contribution in [2.45, 2.75) is 55.4 Å². The van der Waals surface area contributed by atoms with E-state index in [0.717, 1.165) is 16.4 Å². The first kappa shape index (κ1) is 52.4. The summed E-state index contributed by atoms with van der Waals surface area (Å²) in [5, 5.41) is 6.30. The van der Waals surface area contributed by atoms with Crippen LogP contribution in [0.3, 0.4) is 0 Å². The molecule has 0 N–H and O–H groups in total. The Kier molecular flexibility index (Phi) is 59.4. The molecule has 2 heterocycles. The fourth-order valence-electron chi connectivity index (χ4n) is 2.06. The molecule has 0 aliphatic rings. The van der Waals surface area contributed by atoms with Crippen LogP contribution in [0, 0.1) is 55.4 Å². The third-order valence-electron chi connectivity index (χ3n) is 4.12. The number of aryl methyl sites for hydroxylation is 4. The number of hydrogen-bond acceptors (Lipinski definition) is 4. The maximum atomic E-state index is 8.00. The molecule has 0 spiro atoms. The van der Waals surface area contributed by atoms with E-state index in [-0.39, 0.29) is 72.1 Å². The minimum Gasteiger partial charge on any atom is -0.307 e. The van der Waals surface area contributed by atoms with Crippen LogP contribution in [0.15, 0.2) is 0 Å². The summed E-state index contributed by atoms with van der Waals surface area (Å²) in [6, 6.07) is 0. The molecule has 0 aliphatic carbocycles. The van der Waals surface area contributed by atoms with Crippen LogP contribution in [0.1, 0.15) is 43.4 Å². The third-order valence-corrected chi connectivity index (χ3v) is 7.12. The van der Waals surface area contributed by atoms with Crippen LogP contribution in [0.4, 0.5) is 0 Å². The Hall–Kier alpha value is 0.391. The molecule has 0 unspecified atom stereocenters. The summed E-state index contributed by atoms with van der Waals surface area (Å²) < 4.78 is 0. The smallest absolute Gasteiger partial charge is 0.106 e. The SMILES string of the molecule is C=O.C=O.C=O.C=O.Cc1[pH]c(C)c(C)c1C.Cc1[pH]c(C)c(C)c1C.Cl.Cl.[W].[Zr]. The predicted octanol–water partition coefficient (Wildman–Crippen LogP) is 6.00. The molecule has 4 nitrogen and oxygen atoms in total. The molecule has 2 aromatic rings. The summed E-state index contributed by atoms with van der Waals surface area (Å²) in [4.78, 5) is 32.0. The molecular formula is C20H36Cl2O4P2WZr. The van der Waals surface area contributed by atoms with Gasteiger partial charge in [-0.25, -0.2) is 0 Å². The van der Waals surface area contributed by atoms with Crippen molar-refractivity contribution < 1.29 is 66.4 Å². The zero-order valence-electron chi connectivity index (χ0n) is 19.2. The molecule has 0 radical (unpaired) electrons. The summed E-state index contributed by atoms with van der Waals surface area (Å²) in [5.41, 5.74) is 6.08. The number of rotatable bonds is 0. The van der Waals surface area contributed by atoms with Crippen LogP contribution >= 0.6 is 41.2 Å². The Bertz CT molecular complexity index is 536. The van der Waals surface area contributed by atoms with Gasteiger partial charge < -0.3 is 19.2 Å². The fourth-order valence-corrected chi connectivity index (χ4v) is 4.69. The number of carbonyl (C=O) groups is 4. The molecule has 0 saturated carbocycles. The Morgan fingerprint density at radius 3 is 0.567 bits per heavy atom. The van der Waals surface area contributed by atoms with Gasteiger partial charge in [0, 0.05) is 47.3 Å². The van der Waals surface area contributed by atoms with Gasteiger partial charge in [0.05, 0.1) is 0 Å². The van der Waals surface area contributed by atoms with Crippen molar-refractivity contribution >= 4 is 68.4 Å². The average molecular weight is 748 g/mol. The molecule has 0 amide bonds. The van der Waals surface area contributed by atoms with Gasteiger partial charge in [-0.3, -0.25) is 0 Å². The van der Waals surface area contributed by atoms with E-state index >= 15 is 0 Å². The molecule has 0 aromatic carbocycles. The zero-order valence-corrected chi connectivity index (χ0v) is 28.2. The summed E-state index contributed by atoms with van der Waals surface area (Å²) in [6.45, 7) is 25.8. The molecule has 10 heteroatoms. The van der Waals surface area contributed by atoms with Gasteiger partial charge in [0.1, 0.15) is 27.2 Å². The molecule has 2 rings (SSSR count). The average Bonchev–Trinajstić information content (AvgIpc) is 3.05. The van der Waals surface area contributed by atoms with E-state index < -0.39 is 0 Å². The summed E-state index contributed by atoms with van der Waals surface area (Å²) in [7, 11) is 1.95. The zero-order chi connectivity index (χ0) is 22.0. The number of halogens is 2. The first-order valence-electron chi connectivity index (χ1n) is 7.65. The Morgan fingerprint density at radius 1 is 0.433 bits per heavy atom. The van der Waals surface area contributed by atoms with Crippen molar-refractivity contribution in [1.29, 1.82) is 0 Å². The number of hydrogen-bond donors (Lipinski definition) is 0. The van der Waals surface area contributed by atoms with E-state index in [1.807, 2.05) is 27.2 Å². The summed E-state index contributed by atoms with van der Waals surface area (Å²) in [6.07, 6.45) is 0. The van der Waals surface area contributed by atoms with E-state index in [2.05, 4.69) is 55.4 Å². The molecule has 174 valence electrons. The van der Waals surface area contributed by atoms with Crippen LogP contribution in [0.25, 0.3) is 0 Å². The van der Waals surface area contributed by atoms with Crippen LogP contribution < -0.4 is 0 Å². The van der Waals surface area contributed by atoms with E-state index in [1.165, 1.54) is 22.3 Å². The van der Waals surface area contributed by atoms with Gasteiger partial charge in [-0.1, -0.05) is 0 Å². The van der Waals surface area contributed by atoms with E-state index in [0.29, 0.717) is 0 Å². The summed E-state index contributed by atoms with van der Waals surface area (Å²) >= 11 is 0. The maximum absolute atomic E-state index is 8.00. The van der Waals surface area contributed by atoms with Crippen molar-refractivity contribution in [3.8, 4) is 0 Å². The number of carbonyl (C=O) groups excluding carboxylic acids is 4. The molecule has 0 atom stereocenters. The van der Waals surface area contributed by atoms with Crippen molar-refractivity contribution in [3.05, 3.63) is 43.4 Å². The second-order valence-corrected chi connectivity index (χ2v) is 8.75.